The number of H-pyrrole nitrogens is 1. The van der Waals surface area contributed by atoms with Gasteiger partial charge < -0.3 is 9.72 Å². The third kappa shape index (κ3) is 2.87. The summed E-state index contributed by atoms with van der Waals surface area (Å²) < 4.78 is 4.71. The van der Waals surface area contributed by atoms with Crippen molar-refractivity contribution in [1.82, 2.24) is 9.97 Å². The van der Waals surface area contributed by atoms with Gasteiger partial charge in [0.15, 0.2) is 0 Å². The molecule has 0 radical (unpaired) electrons. The summed E-state index contributed by atoms with van der Waals surface area (Å²) in [6.45, 7) is 7.91. The lowest BCUT2D eigenvalue weighted by Gasteiger charge is -2.11. The number of aliphatic imine (C=N–C) groups is 1. The molecule has 5 heteroatoms. The van der Waals surface area contributed by atoms with Gasteiger partial charge in [-0.05, 0) is 37.3 Å². The number of nitrogens with zero attached hydrogens (tertiary/aromatic N) is 2. The smallest absolute Gasteiger partial charge is 0.337 e. The molecule has 0 fully saturated rings. The van der Waals surface area contributed by atoms with Gasteiger partial charge >= 0.3 is 5.97 Å². The summed E-state index contributed by atoms with van der Waals surface area (Å²) in [5.74, 6) is 0.929. The number of methoxy groups -OCH3 is 1. The highest BCUT2D eigenvalue weighted by Crippen LogP contribution is 2.25. The van der Waals surface area contributed by atoms with Crippen LogP contribution in [0.1, 0.15) is 42.5 Å². The summed E-state index contributed by atoms with van der Waals surface area (Å²) >= 11 is 0. The summed E-state index contributed by atoms with van der Waals surface area (Å²) in [5, 5.41) is 0. The van der Waals surface area contributed by atoms with Crippen LogP contribution in [0.15, 0.2) is 23.2 Å². The van der Waals surface area contributed by atoms with Crippen LogP contribution >= 0.6 is 0 Å². The van der Waals surface area contributed by atoms with Crippen molar-refractivity contribution in [2.75, 3.05) is 7.11 Å². The predicted molar refractivity (Wildman–Crippen MR) is 79.2 cm³/mol. The van der Waals surface area contributed by atoms with E-state index in [4.69, 9.17) is 4.74 Å². The maximum atomic E-state index is 11.5. The van der Waals surface area contributed by atoms with E-state index in [9.17, 15) is 4.79 Å². The van der Waals surface area contributed by atoms with E-state index in [0.717, 1.165) is 23.3 Å². The Balaban J connectivity index is 2.37. The molecule has 0 aliphatic heterocycles. The summed E-state index contributed by atoms with van der Waals surface area (Å²) in [7, 11) is 1.37. The molecule has 0 aliphatic carbocycles. The van der Waals surface area contributed by atoms with E-state index in [-0.39, 0.29) is 12.0 Å². The quantitative estimate of drug-likeness (QED) is 0.672. The number of rotatable bonds is 5. The molecule has 1 atom stereocenters. The Morgan fingerprint density at radius 1 is 1.50 bits per heavy atom. The van der Waals surface area contributed by atoms with E-state index >= 15 is 0 Å². The minimum Gasteiger partial charge on any atom is -0.465 e. The monoisotopic (exact) mass is 273 g/mol. The topological polar surface area (TPSA) is 67.3 Å². The number of fused-ring (bicyclic) bond motifs is 1. The maximum Gasteiger partial charge on any atom is 0.337 e. The van der Waals surface area contributed by atoms with E-state index in [1.165, 1.54) is 7.11 Å². The number of aromatic nitrogens is 2. The molecule has 2 rings (SSSR count). The van der Waals surface area contributed by atoms with Crippen molar-refractivity contribution >= 4 is 23.7 Å². The molecule has 106 valence electrons. The molecule has 1 aromatic heterocycles. The van der Waals surface area contributed by atoms with Crippen molar-refractivity contribution in [3.8, 4) is 0 Å². The Morgan fingerprint density at radius 2 is 2.25 bits per heavy atom. The predicted octanol–water partition coefficient (Wildman–Crippen LogP) is 3.14. The van der Waals surface area contributed by atoms with Crippen molar-refractivity contribution in [3.05, 3.63) is 29.6 Å². The van der Waals surface area contributed by atoms with Crippen LogP contribution < -0.4 is 0 Å². The standard InChI is InChI=1S/C15H19N3O2/c1-9(2)7-13(16-3)14-17-11-6-5-10(15(19)20-4)8-12(11)18-14/h5-6,8-9,13H,3,7H2,1-2,4H3,(H,17,18). The van der Waals surface area contributed by atoms with Crippen molar-refractivity contribution in [1.29, 1.82) is 0 Å². The van der Waals surface area contributed by atoms with Crippen LogP contribution in [-0.2, 0) is 4.74 Å². The first-order valence-corrected chi connectivity index (χ1v) is 6.59. The van der Waals surface area contributed by atoms with Gasteiger partial charge in [-0.2, -0.15) is 0 Å². The van der Waals surface area contributed by atoms with E-state index in [2.05, 4.69) is 35.5 Å². The number of benzene rings is 1. The summed E-state index contributed by atoms with van der Waals surface area (Å²) in [6.07, 6.45) is 0.882. The zero-order valence-corrected chi connectivity index (χ0v) is 12.0. The molecule has 0 amide bonds. The number of imidazole rings is 1. The third-order valence-electron chi connectivity index (χ3n) is 3.15. The number of carbonyl (C=O) groups excluding carboxylic acids is 1. The minimum absolute atomic E-state index is 0.0519. The molecule has 0 saturated heterocycles. The van der Waals surface area contributed by atoms with Crippen LogP contribution in [-0.4, -0.2) is 29.8 Å². The van der Waals surface area contributed by atoms with E-state index < -0.39 is 0 Å². The molecule has 5 nitrogen and oxygen atoms in total. The highest BCUT2D eigenvalue weighted by atomic mass is 16.5. The molecule has 2 aromatic rings. The zero-order valence-electron chi connectivity index (χ0n) is 12.0. The minimum atomic E-state index is -0.358. The lowest BCUT2D eigenvalue weighted by atomic mass is 10.0. The summed E-state index contributed by atoms with van der Waals surface area (Å²) in [5.41, 5.74) is 2.12. The van der Waals surface area contributed by atoms with E-state index in [1.54, 1.807) is 18.2 Å². The Bertz CT molecular complexity index is 631. The molecule has 1 N–H and O–H groups in total. The molecule has 0 saturated carbocycles. The van der Waals surface area contributed by atoms with Crippen LogP contribution in [0.25, 0.3) is 11.0 Å². The Hall–Kier alpha value is -2.17. The SMILES string of the molecule is C=NC(CC(C)C)c1nc2ccc(C(=O)OC)cc2[nH]1. The van der Waals surface area contributed by atoms with Gasteiger partial charge in [-0.3, -0.25) is 4.99 Å². The molecule has 1 heterocycles. The number of esters is 1. The Labute approximate surface area is 118 Å². The van der Waals surface area contributed by atoms with E-state index in [0.29, 0.717) is 11.5 Å². The largest absolute Gasteiger partial charge is 0.465 e. The second-order valence-corrected chi connectivity index (χ2v) is 5.17. The van der Waals surface area contributed by atoms with Crippen molar-refractivity contribution in [2.45, 2.75) is 26.3 Å². The normalized spacial score (nSPS) is 12.6. The lowest BCUT2D eigenvalue weighted by Crippen LogP contribution is -2.02. The number of hydrogen-bond donors (Lipinski definition) is 1. The molecule has 0 aliphatic rings. The molecule has 20 heavy (non-hydrogen) atoms. The van der Waals surface area contributed by atoms with Crippen LogP contribution in [0.2, 0.25) is 0 Å². The first kappa shape index (κ1) is 14.2. The molecular weight excluding hydrogens is 254 g/mol. The molecular formula is C15H19N3O2. The number of nitrogens with one attached hydrogen (secondary N) is 1. The van der Waals surface area contributed by atoms with Gasteiger partial charge in [0.2, 0.25) is 0 Å². The van der Waals surface area contributed by atoms with Gasteiger partial charge in [0, 0.05) is 0 Å². The van der Waals surface area contributed by atoms with Gasteiger partial charge in [0.1, 0.15) is 11.9 Å². The molecule has 0 bridgehead atoms. The van der Waals surface area contributed by atoms with Crippen molar-refractivity contribution < 1.29 is 9.53 Å². The number of hydrogen-bond acceptors (Lipinski definition) is 4. The summed E-state index contributed by atoms with van der Waals surface area (Å²) in [4.78, 5) is 23.4. The van der Waals surface area contributed by atoms with Gasteiger partial charge in [-0.25, -0.2) is 9.78 Å². The highest BCUT2D eigenvalue weighted by Gasteiger charge is 2.16. The fourth-order valence-corrected chi connectivity index (χ4v) is 2.15. The number of aromatic amines is 1. The fourth-order valence-electron chi connectivity index (χ4n) is 2.15. The Kier molecular flexibility index (Phi) is 4.17. The van der Waals surface area contributed by atoms with Gasteiger partial charge in [-0.1, -0.05) is 13.8 Å². The fraction of sp³-hybridized carbons (Fsp3) is 0.400. The van der Waals surface area contributed by atoms with Gasteiger partial charge in [0.25, 0.3) is 0 Å². The highest BCUT2D eigenvalue weighted by molar-refractivity contribution is 5.93. The van der Waals surface area contributed by atoms with Gasteiger partial charge in [0.05, 0.1) is 23.7 Å². The van der Waals surface area contributed by atoms with Crippen LogP contribution in [0.4, 0.5) is 0 Å². The molecule has 0 spiro atoms. The average molecular weight is 273 g/mol. The first-order chi connectivity index (χ1) is 9.55. The lowest BCUT2D eigenvalue weighted by molar-refractivity contribution is 0.0601. The van der Waals surface area contributed by atoms with Crippen molar-refractivity contribution in [3.63, 3.8) is 0 Å². The number of carbonyl (C=O) groups is 1. The second kappa shape index (κ2) is 5.86. The second-order valence-electron chi connectivity index (χ2n) is 5.17. The van der Waals surface area contributed by atoms with Crippen LogP contribution in [0.5, 0.6) is 0 Å². The van der Waals surface area contributed by atoms with E-state index in [1.807, 2.05) is 0 Å². The van der Waals surface area contributed by atoms with Gasteiger partial charge in [-0.15, -0.1) is 0 Å². The maximum absolute atomic E-state index is 11.5. The Morgan fingerprint density at radius 3 is 2.85 bits per heavy atom. The number of ether oxygens (including phenoxy) is 1. The van der Waals surface area contributed by atoms with Crippen LogP contribution in [0.3, 0.4) is 0 Å². The summed E-state index contributed by atoms with van der Waals surface area (Å²) in [6, 6.07) is 5.20. The first-order valence-electron chi connectivity index (χ1n) is 6.59. The van der Waals surface area contributed by atoms with Crippen molar-refractivity contribution in [2.24, 2.45) is 10.9 Å². The third-order valence-corrected chi connectivity index (χ3v) is 3.15. The molecule has 1 unspecified atom stereocenters. The average Bonchev–Trinajstić information content (AvgIpc) is 2.86. The zero-order chi connectivity index (χ0) is 14.7. The van der Waals surface area contributed by atoms with Crippen LogP contribution in [0, 0.1) is 5.92 Å². The molecule has 1 aromatic carbocycles.